The lowest BCUT2D eigenvalue weighted by Crippen LogP contribution is -2.15. The van der Waals surface area contributed by atoms with Gasteiger partial charge >= 0.3 is 5.97 Å². The van der Waals surface area contributed by atoms with Gasteiger partial charge in [0.1, 0.15) is 17.2 Å². The second-order valence-corrected chi connectivity index (χ2v) is 7.52. The molecule has 3 aromatic rings. The number of methoxy groups -OCH3 is 4. The van der Waals surface area contributed by atoms with Crippen molar-refractivity contribution >= 4 is 17.5 Å². The summed E-state index contributed by atoms with van der Waals surface area (Å²) in [5.74, 6) is -0.397. The molecule has 0 heterocycles. The molecular formula is C27H26O7. The fraction of sp³-hybridized carbons (Fsp3) is 0.222. The molecule has 7 nitrogen and oxygen atoms in total. The molecular weight excluding hydrogens is 436 g/mol. The second kappa shape index (κ2) is 11.1. The fourth-order valence-corrected chi connectivity index (χ4v) is 3.47. The Morgan fingerprint density at radius 1 is 0.559 bits per heavy atom. The average molecular weight is 462 g/mol. The maximum atomic E-state index is 13.0. The monoisotopic (exact) mass is 462 g/mol. The molecule has 0 aromatic heterocycles. The smallest absolute Gasteiger partial charge is 0.337 e. The first-order valence-corrected chi connectivity index (χ1v) is 10.6. The van der Waals surface area contributed by atoms with Crippen molar-refractivity contribution in [3.63, 3.8) is 0 Å². The van der Waals surface area contributed by atoms with Gasteiger partial charge in [-0.1, -0.05) is 12.1 Å². The largest absolute Gasteiger partial charge is 0.497 e. The van der Waals surface area contributed by atoms with Crippen LogP contribution >= 0.6 is 0 Å². The van der Waals surface area contributed by atoms with Crippen molar-refractivity contribution in [2.45, 2.75) is 12.8 Å². The Balaban J connectivity index is 1.81. The van der Waals surface area contributed by atoms with Crippen molar-refractivity contribution in [3.8, 4) is 17.2 Å². The van der Waals surface area contributed by atoms with E-state index in [9.17, 15) is 14.4 Å². The number of ketones is 2. The number of rotatable bonds is 10. The zero-order chi connectivity index (χ0) is 24.7. The molecule has 0 atom stereocenters. The molecule has 0 fully saturated rings. The molecule has 3 aromatic carbocycles. The van der Waals surface area contributed by atoms with Crippen LogP contribution in [0.5, 0.6) is 17.2 Å². The van der Waals surface area contributed by atoms with Crippen molar-refractivity contribution < 1.29 is 33.3 Å². The maximum absolute atomic E-state index is 13.0. The average Bonchev–Trinajstić information content (AvgIpc) is 2.90. The Morgan fingerprint density at radius 2 is 1.03 bits per heavy atom. The maximum Gasteiger partial charge on any atom is 0.337 e. The summed E-state index contributed by atoms with van der Waals surface area (Å²) >= 11 is 0. The highest BCUT2D eigenvalue weighted by atomic mass is 16.5. The highest BCUT2D eigenvalue weighted by molar-refractivity contribution is 6.49. The molecule has 0 saturated heterocycles. The summed E-state index contributed by atoms with van der Waals surface area (Å²) < 4.78 is 20.5. The van der Waals surface area contributed by atoms with E-state index in [2.05, 4.69) is 0 Å². The minimum Gasteiger partial charge on any atom is -0.497 e. The van der Waals surface area contributed by atoms with Crippen LogP contribution in [0.1, 0.15) is 42.2 Å². The summed E-state index contributed by atoms with van der Waals surface area (Å²) in [6.45, 7) is 0. The van der Waals surface area contributed by atoms with Gasteiger partial charge < -0.3 is 18.9 Å². The van der Waals surface area contributed by atoms with Gasteiger partial charge in [0.15, 0.2) is 0 Å². The molecule has 176 valence electrons. The molecule has 0 bridgehead atoms. The normalized spacial score (nSPS) is 10.4. The number of hydrogen-bond donors (Lipinski definition) is 0. The molecule has 0 amide bonds. The van der Waals surface area contributed by atoms with E-state index in [1.54, 1.807) is 30.3 Å². The first-order chi connectivity index (χ1) is 16.4. The van der Waals surface area contributed by atoms with Crippen LogP contribution in [-0.2, 0) is 17.6 Å². The van der Waals surface area contributed by atoms with Crippen LogP contribution in [0.4, 0.5) is 0 Å². The van der Waals surface area contributed by atoms with Crippen LogP contribution in [-0.4, -0.2) is 46.0 Å². The van der Waals surface area contributed by atoms with Crippen LogP contribution in [0, 0.1) is 0 Å². The Hall–Kier alpha value is -4.13. The summed E-state index contributed by atoms with van der Waals surface area (Å²) in [5.41, 5.74) is 2.75. The van der Waals surface area contributed by atoms with Gasteiger partial charge in [0, 0.05) is 17.2 Å². The van der Waals surface area contributed by atoms with E-state index in [1.807, 2.05) is 18.2 Å². The van der Waals surface area contributed by atoms with Gasteiger partial charge in [0.25, 0.3) is 0 Å². The molecule has 3 rings (SSSR count). The second-order valence-electron chi connectivity index (χ2n) is 7.52. The summed E-state index contributed by atoms with van der Waals surface area (Å²) in [6.07, 6.45) is 1.28. The molecule has 0 aliphatic heterocycles. The number of carbonyl (C=O) groups is 3. The molecule has 7 heteroatoms. The van der Waals surface area contributed by atoms with E-state index in [0.29, 0.717) is 35.7 Å². The fourth-order valence-electron chi connectivity index (χ4n) is 3.47. The van der Waals surface area contributed by atoms with Gasteiger partial charge in [0.05, 0.1) is 34.0 Å². The molecule has 0 radical (unpaired) electrons. The van der Waals surface area contributed by atoms with Gasteiger partial charge in [-0.25, -0.2) is 4.79 Å². The third-order valence-corrected chi connectivity index (χ3v) is 5.36. The number of benzene rings is 3. The van der Waals surface area contributed by atoms with Crippen LogP contribution < -0.4 is 14.2 Å². The third kappa shape index (κ3) is 5.81. The van der Waals surface area contributed by atoms with Crippen molar-refractivity contribution in [2.75, 3.05) is 28.4 Å². The van der Waals surface area contributed by atoms with Gasteiger partial charge in [-0.3, -0.25) is 9.59 Å². The highest BCUT2D eigenvalue weighted by Gasteiger charge is 2.21. The minimum atomic E-state index is -0.671. The van der Waals surface area contributed by atoms with Crippen molar-refractivity contribution in [2.24, 2.45) is 0 Å². The van der Waals surface area contributed by atoms with Crippen LogP contribution in [0.25, 0.3) is 0 Å². The minimum absolute atomic E-state index is 0.177. The lowest BCUT2D eigenvalue weighted by atomic mass is 9.96. The zero-order valence-electron chi connectivity index (χ0n) is 19.5. The van der Waals surface area contributed by atoms with Crippen molar-refractivity contribution in [1.82, 2.24) is 0 Å². The van der Waals surface area contributed by atoms with E-state index in [-0.39, 0.29) is 17.1 Å². The predicted molar refractivity (Wildman–Crippen MR) is 126 cm³/mol. The van der Waals surface area contributed by atoms with E-state index in [1.165, 1.54) is 40.6 Å². The molecule has 0 N–H and O–H groups in total. The topological polar surface area (TPSA) is 88.1 Å². The van der Waals surface area contributed by atoms with Gasteiger partial charge in [0.2, 0.25) is 11.6 Å². The van der Waals surface area contributed by atoms with Crippen molar-refractivity contribution in [3.05, 3.63) is 88.5 Å². The first-order valence-electron chi connectivity index (χ1n) is 10.6. The number of aryl methyl sites for hydroxylation is 2. The summed E-state index contributed by atoms with van der Waals surface area (Å²) in [5, 5.41) is 0. The van der Waals surface area contributed by atoms with Crippen LogP contribution in [0.3, 0.4) is 0 Å². The summed E-state index contributed by atoms with van der Waals surface area (Å²) in [4.78, 5) is 37.6. The van der Waals surface area contributed by atoms with Crippen LogP contribution in [0.15, 0.2) is 60.7 Å². The Labute approximate surface area is 198 Å². The standard InChI is InChI=1S/C27H26O7/c1-31-22-12-18(6-5-17-7-9-19(10-8-17)27(30)34-4)11-20(13-22)25(28)26(29)21-14-23(32-2)16-24(15-21)33-3/h7-16H,5-6H2,1-4H3. The lowest BCUT2D eigenvalue weighted by molar-refractivity contribution is 0.0600. The van der Waals surface area contributed by atoms with E-state index < -0.39 is 11.6 Å². The number of ether oxygens (including phenoxy) is 4. The van der Waals surface area contributed by atoms with Gasteiger partial charge in [-0.05, 0) is 66.4 Å². The first kappa shape index (κ1) is 24.5. The van der Waals surface area contributed by atoms with E-state index >= 15 is 0 Å². The van der Waals surface area contributed by atoms with E-state index in [0.717, 1.165) is 11.1 Å². The molecule has 34 heavy (non-hydrogen) atoms. The van der Waals surface area contributed by atoms with Gasteiger partial charge in [-0.15, -0.1) is 0 Å². The molecule has 0 aliphatic rings. The quantitative estimate of drug-likeness (QED) is 0.251. The number of Topliss-reactive ketones (excluding diaryl/α,β-unsaturated/α-hetero) is 2. The molecule has 0 spiro atoms. The third-order valence-electron chi connectivity index (χ3n) is 5.36. The highest BCUT2D eigenvalue weighted by Crippen LogP contribution is 2.25. The molecule has 0 unspecified atom stereocenters. The van der Waals surface area contributed by atoms with Crippen molar-refractivity contribution in [1.29, 1.82) is 0 Å². The summed E-state index contributed by atoms with van der Waals surface area (Å²) in [7, 11) is 5.80. The Morgan fingerprint density at radius 3 is 1.53 bits per heavy atom. The van der Waals surface area contributed by atoms with Crippen LogP contribution in [0.2, 0.25) is 0 Å². The number of hydrogen-bond acceptors (Lipinski definition) is 7. The Bertz CT molecular complexity index is 1170. The van der Waals surface area contributed by atoms with E-state index in [4.69, 9.17) is 18.9 Å². The van der Waals surface area contributed by atoms with Gasteiger partial charge in [-0.2, -0.15) is 0 Å². The molecule has 0 aliphatic carbocycles. The number of esters is 1. The molecule has 0 saturated carbocycles. The Kier molecular flexibility index (Phi) is 8.03. The lowest BCUT2D eigenvalue weighted by Gasteiger charge is -2.10. The zero-order valence-corrected chi connectivity index (χ0v) is 19.5. The predicted octanol–water partition coefficient (Wildman–Crippen LogP) is 4.35. The summed E-state index contributed by atoms with van der Waals surface area (Å²) in [6, 6.07) is 16.8. The SMILES string of the molecule is COC(=O)c1ccc(CCc2cc(OC)cc(C(=O)C(=O)c3cc(OC)cc(OC)c3)c2)cc1. The number of carbonyl (C=O) groups excluding carboxylic acids is 3.